The number of aryl methyl sites for hydroxylation is 1. The van der Waals surface area contributed by atoms with Crippen molar-refractivity contribution in [3.63, 3.8) is 0 Å². The molecule has 0 amide bonds. The third kappa shape index (κ3) is 5.13. The molecule has 2 aromatic rings. The standard InChI is InChI=1S/C15H19BrFN3S/c1-10(2)9-18-7-3-4-14-19-20-15(21-14)12-8-11(17)5-6-13(12)16/h5-6,8,10,18H,3-4,7,9H2,1-2H3. The summed E-state index contributed by atoms with van der Waals surface area (Å²) in [6.07, 6.45) is 1.93. The van der Waals surface area contributed by atoms with E-state index in [1.165, 1.54) is 23.5 Å². The first-order valence-electron chi connectivity index (χ1n) is 7.05. The minimum Gasteiger partial charge on any atom is -0.316 e. The molecule has 21 heavy (non-hydrogen) atoms. The maximum Gasteiger partial charge on any atom is 0.149 e. The van der Waals surface area contributed by atoms with Crippen LogP contribution in [-0.2, 0) is 6.42 Å². The molecule has 1 aromatic heterocycles. The van der Waals surface area contributed by atoms with E-state index in [-0.39, 0.29) is 5.82 Å². The summed E-state index contributed by atoms with van der Waals surface area (Å²) in [5.41, 5.74) is 0.761. The zero-order chi connectivity index (χ0) is 15.2. The van der Waals surface area contributed by atoms with Crippen LogP contribution < -0.4 is 5.32 Å². The minimum atomic E-state index is -0.261. The number of aromatic nitrogens is 2. The number of halogens is 2. The summed E-state index contributed by atoms with van der Waals surface area (Å²) in [5, 5.41) is 13.5. The fourth-order valence-electron chi connectivity index (χ4n) is 1.88. The van der Waals surface area contributed by atoms with E-state index >= 15 is 0 Å². The van der Waals surface area contributed by atoms with Gasteiger partial charge in [-0.15, -0.1) is 10.2 Å². The van der Waals surface area contributed by atoms with Crippen LogP contribution in [0.3, 0.4) is 0 Å². The molecule has 0 saturated carbocycles. The van der Waals surface area contributed by atoms with Crippen LogP contribution >= 0.6 is 27.3 Å². The van der Waals surface area contributed by atoms with Gasteiger partial charge in [-0.3, -0.25) is 0 Å². The van der Waals surface area contributed by atoms with Crippen molar-refractivity contribution >= 4 is 27.3 Å². The Morgan fingerprint density at radius 2 is 2.14 bits per heavy atom. The summed E-state index contributed by atoms with van der Waals surface area (Å²) in [5.74, 6) is 0.409. The maximum absolute atomic E-state index is 13.3. The van der Waals surface area contributed by atoms with Crippen molar-refractivity contribution in [1.29, 1.82) is 0 Å². The first kappa shape index (κ1) is 16.5. The lowest BCUT2D eigenvalue weighted by atomic mass is 10.2. The van der Waals surface area contributed by atoms with Gasteiger partial charge >= 0.3 is 0 Å². The Balaban J connectivity index is 1.91. The van der Waals surface area contributed by atoms with Crippen molar-refractivity contribution in [2.45, 2.75) is 26.7 Å². The van der Waals surface area contributed by atoms with E-state index in [0.717, 1.165) is 46.0 Å². The van der Waals surface area contributed by atoms with Gasteiger partial charge in [0, 0.05) is 16.5 Å². The largest absolute Gasteiger partial charge is 0.316 e. The highest BCUT2D eigenvalue weighted by molar-refractivity contribution is 9.10. The molecule has 0 saturated heterocycles. The molecule has 2 rings (SSSR count). The van der Waals surface area contributed by atoms with Crippen LogP contribution in [0.1, 0.15) is 25.3 Å². The van der Waals surface area contributed by atoms with E-state index in [1.54, 1.807) is 6.07 Å². The van der Waals surface area contributed by atoms with Crippen molar-refractivity contribution in [2.75, 3.05) is 13.1 Å². The number of hydrogen-bond acceptors (Lipinski definition) is 4. The predicted molar refractivity (Wildman–Crippen MR) is 89.0 cm³/mol. The van der Waals surface area contributed by atoms with Gasteiger partial charge in [0.05, 0.1) is 0 Å². The van der Waals surface area contributed by atoms with Gasteiger partial charge in [0.2, 0.25) is 0 Å². The van der Waals surface area contributed by atoms with Crippen LogP contribution in [0.15, 0.2) is 22.7 Å². The molecule has 0 unspecified atom stereocenters. The average molecular weight is 372 g/mol. The Hall–Kier alpha value is -0.850. The molecule has 0 aliphatic carbocycles. The Kier molecular flexibility index (Phi) is 6.26. The smallest absolute Gasteiger partial charge is 0.149 e. The Labute approximate surface area is 137 Å². The SMILES string of the molecule is CC(C)CNCCCc1nnc(-c2cc(F)ccc2Br)s1. The summed E-state index contributed by atoms with van der Waals surface area (Å²) in [4.78, 5) is 0. The highest BCUT2D eigenvalue weighted by Gasteiger charge is 2.11. The van der Waals surface area contributed by atoms with Crippen LogP contribution in [0.5, 0.6) is 0 Å². The number of nitrogens with zero attached hydrogens (tertiary/aromatic N) is 2. The van der Waals surface area contributed by atoms with E-state index in [0.29, 0.717) is 5.92 Å². The highest BCUT2D eigenvalue weighted by Crippen LogP contribution is 2.31. The third-order valence-corrected chi connectivity index (χ3v) is 4.63. The molecule has 114 valence electrons. The number of hydrogen-bond donors (Lipinski definition) is 1. The van der Waals surface area contributed by atoms with E-state index in [2.05, 4.69) is 45.3 Å². The second-order valence-electron chi connectivity index (χ2n) is 5.33. The van der Waals surface area contributed by atoms with Crippen molar-refractivity contribution in [3.05, 3.63) is 33.5 Å². The van der Waals surface area contributed by atoms with Crippen LogP contribution in [-0.4, -0.2) is 23.3 Å². The highest BCUT2D eigenvalue weighted by atomic mass is 79.9. The first-order valence-corrected chi connectivity index (χ1v) is 8.65. The summed E-state index contributed by atoms with van der Waals surface area (Å²) < 4.78 is 14.2. The van der Waals surface area contributed by atoms with E-state index in [4.69, 9.17) is 0 Å². The zero-order valence-electron chi connectivity index (χ0n) is 12.2. The predicted octanol–water partition coefficient (Wildman–Crippen LogP) is 4.28. The second kappa shape index (κ2) is 7.96. The van der Waals surface area contributed by atoms with Gasteiger partial charge in [0.25, 0.3) is 0 Å². The van der Waals surface area contributed by atoms with Crippen LogP contribution in [0.25, 0.3) is 10.6 Å². The molecule has 3 nitrogen and oxygen atoms in total. The number of rotatable bonds is 7. The summed E-state index contributed by atoms with van der Waals surface area (Å²) in [6.45, 7) is 6.41. The molecule has 0 atom stereocenters. The molecule has 1 heterocycles. The summed E-state index contributed by atoms with van der Waals surface area (Å²) >= 11 is 4.95. The Morgan fingerprint density at radius 3 is 2.90 bits per heavy atom. The van der Waals surface area contributed by atoms with Crippen LogP contribution in [0.2, 0.25) is 0 Å². The lowest BCUT2D eigenvalue weighted by molar-refractivity contribution is 0.542. The zero-order valence-corrected chi connectivity index (χ0v) is 14.6. The molecule has 0 aliphatic heterocycles. The van der Waals surface area contributed by atoms with Crippen molar-refractivity contribution in [2.24, 2.45) is 5.92 Å². The monoisotopic (exact) mass is 371 g/mol. The van der Waals surface area contributed by atoms with Gasteiger partial charge in [-0.05, 0) is 43.6 Å². The van der Waals surface area contributed by atoms with Gasteiger partial charge in [-0.2, -0.15) is 0 Å². The molecule has 0 radical (unpaired) electrons. The molecular weight excluding hydrogens is 353 g/mol. The molecule has 1 N–H and O–H groups in total. The molecule has 0 fully saturated rings. The molecular formula is C15H19BrFN3S. The quantitative estimate of drug-likeness (QED) is 0.737. The average Bonchev–Trinajstić information content (AvgIpc) is 2.89. The van der Waals surface area contributed by atoms with E-state index in [9.17, 15) is 4.39 Å². The maximum atomic E-state index is 13.3. The van der Waals surface area contributed by atoms with Gasteiger partial charge in [0.1, 0.15) is 15.8 Å². The van der Waals surface area contributed by atoms with Crippen LogP contribution in [0.4, 0.5) is 4.39 Å². The normalized spacial score (nSPS) is 11.3. The van der Waals surface area contributed by atoms with Crippen molar-refractivity contribution in [1.82, 2.24) is 15.5 Å². The van der Waals surface area contributed by atoms with Crippen molar-refractivity contribution < 1.29 is 4.39 Å². The van der Waals surface area contributed by atoms with E-state index < -0.39 is 0 Å². The van der Waals surface area contributed by atoms with E-state index in [1.807, 2.05) is 0 Å². The molecule has 0 spiro atoms. The van der Waals surface area contributed by atoms with Crippen molar-refractivity contribution in [3.8, 4) is 10.6 Å². The molecule has 1 aromatic carbocycles. The third-order valence-electron chi connectivity index (χ3n) is 2.92. The Morgan fingerprint density at radius 1 is 1.33 bits per heavy atom. The summed E-state index contributed by atoms with van der Waals surface area (Å²) in [7, 11) is 0. The lowest BCUT2D eigenvalue weighted by Gasteiger charge is -2.05. The van der Waals surface area contributed by atoms with Gasteiger partial charge in [-0.1, -0.05) is 41.1 Å². The molecule has 0 aliphatic rings. The Bertz CT molecular complexity index is 586. The first-order chi connectivity index (χ1) is 10.1. The topological polar surface area (TPSA) is 37.8 Å². The van der Waals surface area contributed by atoms with Gasteiger partial charge in [0.15, 0.2) is 0 Å². The van der Waals surface area contributed by atoms with Gasteiger partial charge in [-0.25, -0.2) is 4.39 Å². The summed E-state index contributed by atoms with van der Waals surface area (Å²) in [6, 6.07) is 4.61. The fraction of sp³-hybridized carbons (Fsp3) is 0.467. The second-order valence-corrected chi connectivity index (χ2v) is 7.24. The molecule has 0 bridgehead atoms. The van der Waals surface area contributed by atoms with Crippen LogP contribution in [0, 0.1) is 11.7 Å². The number of benzene rings is 1. The fourth-order valence-corrected chi connectivity index (χ4v) is 3.36. The number of nitrogens with one attached hydrogen (secondary N) is 1. The lowest BCUT2D eigenvalue weighted by Crippen LogP contribution is -2.21. The molecule has 6 heteroatoms. The minimum absolute atomic E-state index is 0.261. The van der Waals surface area contributed by atoms with Gasteiger partial charge < -0.3 is 5.32 Å².